The maximum atomic E-state index is 11.0. The molecule has 0 amide bonds. The molecule has 0 atom stereocenters. The number of ether oxygens (including phenoxy) is 1. The third kappa shape index (κ3) is 27.1. The molecule has 0 rings (SSSR count). The quantitative estimate of drug-likeness (QED) is 0.278. The summed E-state index contributed by atoms with van der Waals surface area (Å²) >= 11 is 0. The first kappa shape index (κ1) is 23.0. The molecule has 0 aromatic carbocycles. The van der Waals surface area contributed by atoms with Crippen molar-refractivity contribution in [3.05, 3.63) is 12.8 Å². The van der Waals surface area contributed by atoms with E-state index in [1.807, 2.05) is 0 Å². The van der Waals surface area contributed by atoms with E-state index in [2.05, 4.69) is 18.2 Å². The van der Waals surface area contributed by atoms with E-state index < -0.39 is 5.97 Å². The Bertz CT molecular complexity index is 270. The fraction of sp³-hybridized carbons (Fsp3) is 0.778. The number of carbonyl (C=O) groups excluding carboxylic acids is 1. The highest BCUT2D eigenvalue weighted by atomic mass is 16.5. The Morgan fingerprint density at radius 1 is 0.909 bits per heavy atom. The predicted molar refractivity (Wildman–Crippen MR) is 90.7 cm³/mol. The number of hydrogen-bond donors (Lipinski definition) is 1. The largest absolute Gasteiger partial charge is 0.481 e. The second kappa shape index (κ2) is 19.7. The monoisotopic (exact) mass is 314 g/mol. The van der Waals surface area contributed by atoms with Gasteiger partial charge in [0.05, 0.1) is 6.26 Å². The zero-order valence-corrected chi connectivity index (χ0v) is 14.4. The average molecular weight is 314 g/mol. The van der Waals surface area contributed by atoms with Gasteiger partial charge in [0, 0.05) is 13.3 Å². The van der Waals surface area contributed by atoms with E-state index in [1.165, 1.54) is 64.0 Å². The van der Waals surface area contributed by atoms with Gasteiger partial charge in [-0.1, -0.05) is 77.7 Å². The van der Waals surface area contributed by atoms with Gasteiger partial charge in [-0.2, -0.15) is 0 Å². The molecule has 0 radical (unpaired) electrons. The molecular formula is C18H34O4. The van der Waals surface area contributed by atoms with E-state index in [0.717, 1.165) is 19.8 Å². The number of aliphatic carboxylic acids is 1. The highest BCUT2D eigenvalue weighted by Crippen LogP contribution is 2.12. The normalized spacial score (nSPS) is 9.55. The van der Waals surface area contributed by atoms with Crippen molar-refractivity contribution in [1.29, 1.82) is 0 Å². The number of carbonyl (C=O) groups is 2. The Hall–Kier alpha value is -1.32. The van der Waals surface area contributed by atoms with Crippen LogP contribution >= 0.6 is 0 Å². The molecule has 22 heavy (non-hydrogen) atoms. The highest BCUT2D eigenvalue weighted by Gasteiger charge is 1.99. The van der Waals surface area contributed by atoms with Gasteiger partial charge in [-0.05, 0) is 6.42 Å². The Kier molecular flexibility index (Phi) is 20.5. The summed E-state index contributed by atoms with van der Waals surface area (Å²) in [4.78, 5) is 20.0. The predicted octanol–water partition coefficient (Wildman–Crippen LogP) is 5.47. The van der Waals surface area contributed by atoms with Crippen molar-refractivity contribution in [2.24, 2.45) is 0 Å². The van der Waals surface area contributed by atoms with Crippen LogP contribution in [0.3, 0.4) is 0 Å². The molecule has 0 bridgehead atoms. The maximum absolute atomic E-state index is 11.0. The number of unbranched alkanes of at least 4 members (excludes halogenated alkanes) is 10. The van der Waals surface area contributed by atoms with Crippen LogP contribution in [-0.4, -0.2) is 17.0 Å². The molecule has 4 heteroatoms. The van der Waals surface area contributed by atoms with E-state index in [0.29, 0.717) is 6.42 Å². The summed E-state index contributed by atoms with van der Waals surface area (Å²) in [7, 11) is 0. The lowest BCUT2D eigenvalue weighted by molar-refractivity contribution is -0.138. The molecule has 130 valence electrons. The van der Waals surface area contributed by atoms with Crippen LogP contribution < -0.4 is 0 Å². The SMILES string of the molecule is C=COC(=O)CCCCCCCCCCCCC.CC(=O)O. The lowest BCUT2D eigenvalue weighted by atomic mass is 10.1. The summed E-state index contributed by atoms with van der Waals surface area (Å²) in [5.41, 5.74) is 0. The van der Waals surface area contributed by atoms with Crippen LogP contribution in [0.5, 0.6) is 0 Å². The molecule has 0 fully saturated rings. The minimum atomic E-state index is -0.833. The summed E-state index contributed by atoms with van der Waals surface area (Å²) in [5.74, 6) is -0.985. The third-order valence-corrected chi connectivity index (χ3v) is 3.20. The van der Waals surface area contributed by atoms with Crippen LogP contribution in [0.4, 0.5) is 0 Å². The second-order valence-electron chi connectivity index (χ2n) is 5.46. The molecule has 4 nitrogen and oxygen atoms in total. The number of rotatable bonds is 13. The molecule has 1 N–H and O–H groups in total. The molecule has 0 unspecified atom stereocenters. The van der Waals surface area contributed by atoms with Gasteiger partial charge < -0.3 is 9.84 Å². The first-order valence-corrected chi connectivity index (χ1v) is 8.54. The van der Waals surface area contributed by atoms with Crippen molar-refractivity contribution >= 4 is 11.9 Å². The van der Waals surface area contributed by atoms with Gasteiger partial charge in [-0.25, -0.2) is 0 Å². The molecule has 0 saturated carbocycles. The minimum Gasteiger partial charge on any atom is -0.481 e. The highest BCUT2D eigenvalue weighted by molar-refractivity contribution is 5.69. The molecule has 0 aliphatic carbocycles. The van der Waals surface area contributed by atoms with Crippen LogP contribution in [0.1, 0.15) is 90.9 Å². The zero-order valence-electron chi connectivity index (χ0n) is 14.4. The zero-order chi connectivity index (χ0) is 17.1. The molecule has 0 saturated heterocycles. The average Bonchev–Trinajstić information content (AvgIpc) is 2.44. The number of hydrogen-bond acceptors (Lipinski definition) is 3. The molecular weight excluding hydrogens is 280 g/mol. The van der Waals surface area contributed by atoms with Crippen LogP contribution in [0.2, 0.25) is 0 Å². The first-order valence-electron chi connectivity index (χ1n) is 8.54. The van der Waals surface area contributed by atoms with Crippen molar-refractivity contribution in [1.82, 2.24) is 0 Å². The van der Waals surface area contributed by atoms with Crippen molar-refractivity contribution in [2.45, 2.75) is 90.9 Å². The van der Waals surface area contributed by atoms with Gasteiger partial charge in [0.2, 0.25) is 0 Å². The molecule has 0 spiro atoms. The van der Waals surface area contributed by atoms with Crippen molar-refractivity contribution in [2.75, 3.05) is 0 Å². The smallest absolute Gasteiger partial charge is 0.310 e. The van der Waals surface area contributed by atoms with Crippen LogP contribution in [0.25, 0.3) is 0 Å². The fourth-order valence-corrected chi connectivity index (χ4v) is 2.09. The Labute approximate surface area is 135 Å². The maximum Gasteiger partial charge on any atom is 0.310 e. The molecule has 0 aliphatic heterocycles. The van der Waals surface area contributed by atoms with Crippen molar-refractivity contribution in [3.8, 4) is 0 Å². The van der Waals surface area contributed by atoms with Gasteiger partial charge >= 0.3 is 5.97 Å². The van der Waals surface area contributed by atoms with E-state index in [4.69, 9.17) is 9.90 Å². The molecule has 0 aromatic heterocycles. The van der Waals surface area contributed by atoms with E-state index in [9.17, 15) is 4.79 Å². The van der Waals surface area contributed by atoms with E-state index in [1.54, 1.807) is 0 Å². The Morgan fingerprint density at radius 3 is 1.64 bits per heavy atom. The van der Waals surface area contributed by atoms with Crippen LogP contribution in [-0.2, 0) is 14.3 Å². The van der Waals surface area contributed by atoms with Gasteiger partial charge in [0.1, 0.15) is 0 Å². The molecule has 0 aromatic rings. The number of carboxylic acids is 1. The summed E-state index contributed by atoms with van der Waals surface area (Å²) in [5, 5.41) is 7.42. The van der Waals surface area contributed by atoms with E-state index in [-0.39, 0.29) is 5.97 Å². The van der Waals surface area contributed by atoms with Crippen LogP contribution in [0, 0.1) is 0 Å². The topological polar surface area (TPSA) is 63.6 Å². The third-order valence-electron chi connectivity index (χ3n) is 3.20. The Morgan fingerprint density at radius 2 is 1.27 bits per heavy atom. The summed E-state index contributed by atoms with van der Waals surface area (Å²) in [6.45, 7) is 6.70. The van der Waals surface area contributed by atoms with Gasteiger partial charge in [-0.15, -0.1) is 0 Å². The molecule has 0 heterocycles. The lowest BCUT2D eigenvalue weighted by Gasteiger charge is -2.02. The molecule has 0 aliphatic rings. The van der Waals surface area contributed by atoms with Gasteiger partial charge in [-0.3, -0.25) is 9.59 Å². The van der Waals surface area contributed by atoms with Crippen molar-refractivity contribution < 1.29 is 19.4 Å². The number of carboxylic acid groups (broad SMARTS) is 1. The summed E-state index contributed by atoms with van der Waals surface area (Å²) < 4.78 is 4.66. The summed E-state index contributed by atoms with van der Waals surface area (Å²) in [6.07, 6.45) is 16.0. The van der Waals surface area contributed by atoms with Gasteiger partial charge in [0.25, 0.3) is 5.97 Å². The van der Waals surface area contributed by atoms with E-state index >= 15 is 0 Å². The first-order chi connectivity index (χ1) is 10.5. The lowest BCUT2D eigenvalue weighted by Crippen LogP contribution is -1.98. The standard InChI is InChI=1S/C16H30O2.C2H4O2/c1-3-5-6-7-8-9-10-11-12-13-14-15-16(17)18-4-2;1-2(3)4/h4H,2-3,5-15H2,1H3;1H3,(H,3,4). The summed E-state index contributed by atoms with van der Waals surface area (Å²) in [6, 6.07) is 0. The number of esters is 1. The minimum absolute atomic E-state index is 0.152. The second-order valence-corrected chi connectivity index (χ2v) is 5.46. The fourth-order valence-electron chi connectivity index (χ4n) is 2.09. The van der Waals surface area contributed by atoms with Crippen LogP contribution in [0.15, 0.2) is 12.8 Å². The van der Waals surface area contributed by atoms with Crippen molar-refractivity contribution in [3.63, 3.8) is 0 Å². The van der Waals surface area contributed by atoms with Gasteiger partial charge in [0.15, 0.2) is 0 Å². The Balaban J connectivity index is 0.